The van der Waals surface area contributed by atoms with Crippen molar-refractivity contribution in [3.63, 3.8) is 0 Å². The van der Waals surface area contributed by atoms with Crippen LogP contribution in [-0.2, 0) is 19.7 Å². The molecule has 1 saturated heterocycles. The molecule has 2 N–H and O–H groups in total. The van der Waals surface area contributed by atoms with E-state index in [9.17, 15) is 15.0 Å². The summed E-state index contributed by atoms with van der Waals surface area (Å²) in [5.41, 5.74) is -0.177. The van der Waals surface area contributed by atoms with E-state index in [2.05, 4.69) is 44.2 Å². The molecule has 1 saturated carbocycles. The lowest BCUT2D eigenvalue weighted by Crippen LogP contribution is -2.50. The minimum Gasteiger partial charge on any atom is -0.460 e. The molecule has 1 heterocycles. The van der Waals surface area contributed by atoms with Gasteiger partial charge in [-0.3, -0.25) is 0 Å². The summed E-state index contributed by atoms with van der Waals surface area (Å²) in [7, 11) is 0. The summed E-state index contributed by atoms with van der Waals surface area (Å²) in [4.78, 5) is 13.5. The van der Waals surface area contributed by atoms with Gasteiger partial charge in [-0.15, -0.1) is 0 Å². The summed E-state index contributed by atoms with van der Waals surface area (Å²) in [6, 6.07) is 10.4. The second kappa shape index (κ2) is 10.9. The highest BCUT2D eigenvalue weighted by Crippen LogP contribution is 2.44. The van der Waals surface area contributed by atoms with E-state index in [1.807, 2.05) is 19.9 Å². The lowest BCUT2D eigenvalue weighted by atomic mass is 9.66. The molecule has 5 atom stereocenters. The number of aliphatic hydroxyl groups excluding tert-OH is 1. The number of rotatable bonds is 9. The van der Waals surface area contributed by atoms with Crippen LogP contribution in [0.3, 0.4) is 0 Å². The Kier molecular flexibility index (Phi) is 8.65. The van der Waals surface area contributed by atoms with Gasteiger partial charge in [-0.1, -0.05) is 62.2 Å². The Morgan fingerprint density at radius 1 is 1.15 bits per heavy atom. The van der Waals surface area contributed by atoms with E-state index in [1.165, 1.54) is 11.1 Å². The van der Waals surface area contributed by atoms with Crippen molar-refractivity contribution in [3.05, 3.63) is 47.5 Å². The van der Waals surface area contributed by atoms with Crippen molar-refractivity contribution in [2.45, 2.75) is 115 Å². The maximum absolute atomic E-state index is 13.5. The molecule has 0 spiro atoms. The van der Waals surface area contributed by atoms with Crippen molar-refractivity contribution >= 4 is 5.97 Å². The Labute approximate surface area is 205 Å². The summed E-state index contributed by atoms with van der Waals surface area (Å²) >= 11 is 0. The quantitative estimate of drug-likeness (QED) is 0.368. The topological polar surface area (TPSA) is 76.0 Å². The van der Waals surface area contributed by atoms with Gasteiger partial charge in [0.15, 0.2) is 5.60 Å². The molecule has 0 radical (unpaired) electrons. The summed E-state index contributed by atoms with van der Waals surface area (Å²) in [5.74, 6) is -0.300. The third-order valence-corrected chi connectivity index (χ3v) is 8.11. The highest BCUT2D eigenvalue weighted by Gasteiger charge is 2.53. The van der Waals surface area contributed by atoms with Gasteiger partial charge < -0.3 is 19.7 Å². The predicted octanol–water partition coefficient (Wildman–Crippen LogP) is 5.47. The SMILES string of the molecule is CC(C)=CCC[C@](C)(O)[C@H]1CC[C@](CO)(C(=O)O[C@H]2CCCC[C@@H]2C(C)(C)c2ccccc2)O1. The maximum Gasteiger partial charge on any atom is 0.341 e. The van der Waals surface area contributed by atoms with Crippen LogP contribution in [0.5, 0.6) is 0 Å². The van der Waals surface area contributed by atoms with Gasteiger partial charge in [0.2, 0.25) is 0 Å². The first kappa shape index (κ1) is 26.9. The maximum atomic E-state index is 13.5. The number of esters is 1. The van der Waals surface area contributed by atoms with Crippen LogP contribution in [0.2, 0.25) is 0 Å². The van der Waals surface area contributed by atoms with Crippen molar-refractivity contribution in [2.75, 3.05) is 6.61 Å². The van der Waals surface area contributed by atoms with E-state index < -0.39 is 29.9 Å². The number of carbonyl (C=O) groups excluding carboxylic acids is 1. The zero-order chi connectivity index (χ0) is 25.0. The standard InChI is InChI=1S/C29H44O5/c1-21(2)12-11-18-28(5,32)25-17-19-29(20-30,34-25)26(31)33-24-16-10-9-15-23(24)27(3,4)22-13-7-6-8-14-22/h6-8,12-14,23-25,30,32H,9-11,15-20H2,1-5H3/t23-,24-,25+,28-,29-/m0/s1. The van der Waals surface area contributed by atoms with E-state index in [-0.39, 0.29) is 17.4 Å². The van der Waals surface area contributed by atoms with Crippen LogP contribution in [0, 0.1) is 5.92 Å². The van der Waals surface area contributed by atoms with Crippen LogP contribution in [-0.4, -0.2) is 46.2 Å². The Hall–Kier alpha value is -1.69. The highest BCUT2D eigenvalue weighted by atomic mass is 16.6. The normalized spacial score (nSPS) is 29.3. The average Bonchev–Trinajstić information content (AvgIpc) is 3.27. The molecule has 2 fully saturated rings. The van der Waals surface area contributed by atoms with E-state index in [0.717, 1.165) is 32.1 Å². The van der Waals surface area contributed by atoms with Gasteiger partial charge in [0, 0.05) is 5.92 Å². The van der Waals surface area contributed by atoms with Crippen molar-refractivity contribution in [3.8, 4) is 0 Å². The van der Waals surface area contributed by atoms with Crippen LogP contribution in [0.1, 0.15) is 91.5 Å². The van der Waals surface area contributed by atoms with Crippen LogP contribution >= 0.6 is 0 Å². The molecular formula is C29H44O5. The molecule has 1 aliphatic heterocycles. The van der Waals surface area contributed by atoms with E-state index in [4.69, 9.17) is 9.47 Å². The minimum atomic E-state index is -1.40. The van der Waals surface area contributed by atoms with Gasteiger partial charge in [0.05, 0.1) is 18.3 Å². The fourth-order valence-electron chi connectivity index (χ4n) is 5.73. The first-order chi connectivity index (χ1) is 16.0. The van der Waals surface area contributed by atoms with Gasteiger partial charge in [-0.05, 0) is 76.7 Å². The van der Waals surface area contributed by atoms with Crippen molar-refractivity contribution < 1.29 is 24.5 Å². The Morgan fingerprint density at radius 3 is 2.47 bits per heavy atom. The zero-order valence-corrected chi connectivity index (χ0v) is 21.7. The molecule has 0 unspecified atom stereocenters. The second-order valence-electron chi connectivity index (χ2n) is 11.4. The first-order valence-corrected chi connectivity index (χ1v) is 12.9. The van der Waals surface area contributed by atoms with Gasteiger partial charge in [-0.2, -0.15) is 0 Å². The van der Waals surface area contributed by atoms with Crippen LogP contribution in [0.25, 0.3) is 0 Å². The molecule has 3 rings (SSSR count). The average molecular weight is 473 g/mol. The van der Waals surface area contributed by atoms with E-state index >= 15 is 0 Å². The molecule has 2 aliphatic rings. The molecule has 34 heavy (non-hydrogen) atoms. The van der Waals surface area contributed by atoms with Crippen molar-refractivity contribution in [1.29, 1.82) is 0 Å². The van der Waals surface area contributed by atoms with Gasteiger partial charge in [0.25, 0.3) is 0 Å². The first-order valence-electron chi connectivity index (χ1n) is 12.9. The molecule has 1 aliphatic carbocycles. The second-order valence-corrected chi connectivity index (χ2v) is 11.4. The van der Waals surface area contributed by atoms with E-state index in [1.54, 1.807) is 6.92 Å². The summed E-state index contributed by atoms with van der Waals surface area (Å²) < 4.78 is 12.3. The molecular weight excluding hydrogens is 428 g/mol. The molecule has 0 bridgehead atoms. The number of carbonyl (C=O) groups is 1. The third-order valence-electron chi connectivity index (χ3n) is 8.11. The summed E-state index contributed by atoms with van der Waals surface area (Å²) in [6.07, 6.45) is 7.45. The molecule has 5 heteroatoms. The summed E-state index contributed by atoms with van der Waals surface area (Å²) in [6.45, 7) is 9.84. The van der Waals surface area contributed by atoms with Crippen molar-refractivity contribution in [2.24, 2.45) is 5.92 Å². The number of hydrogen-bond donors (Lipinski definition) is 2. The Bertz CT molecular complexity index is 839. The molecule has 0 aromatic heterocycles. The zero-order valence-electron chi connectivity index (χ0n) is 21.7. The Balaban J connectivity index is 1.71. The minimum absolute atomic E-state index is 0.146. The fraction of sp³-hybridized carbons (Fsp3) is 0.690. The van der Waals surface area contributed by atoms with Crippen LogP contribution in [0.4, 0.5) is 0 Å². The molecule has 1 aromatic carbocycles. The number of ether oxygens (including phenoxy) is 2. The highest BCUT2D eigenvalue weighted by molar-refractivity contribution is 5.80. The lowest BCUT2D eigenvalue weighted by molar-refractivity contribution is -0.197. The number of aliphatic hydroxyl groups is 2. The molecule has 1 aromatic rings. The fourth-order valence-corrected chi connectivity index (χ4v) is 5.73. The van der Waals surface area contributed by atoms with Crippen LogP contribution in [0.15, 0.2) is 42.0 Å². The van der Waals surface area contributed by atoms with E-state index in [0.29, 0.717) is 19.3 Å². The van der Waals surface area contributed by atoms with Crippen LogP contribution < -0.4 is 0 Å². The third kappa shape index (κ3) is 5.92. The van der Waals surface area contributed by atoms with Crippen molar-refractivity contribution in [1.82, 2.24) is 0 Å². The molecule has 5 nitrogen and oxygen atoms in total. The monoisotopic (exact) mass is 472 g/mol. The molecule has 190 valence electrons. The lowest BCUT2D eigenvalue weighted by Gasteiger charge is -2.43. The van der Waals surface area contributed by atoms with Gasteiger partial charge in [-0.25, -0.2) is 4.79 Å². The smallest absolute Gasteiger partial charge is 0.341 e. The van der Waals surface area contributed by atoms with Gasteiger partial charge >= 0.3 is 5.97 Å². The number of benzene rings is 1. The summed E-state index contributed by atoms with van der Waals surface area (Å²) in [5, 5.41) is 21.3. The Morgan fingerprint density at radius 2 is 1.82 bits per heavy atom. The molecule has 0 amide bonds. The predicted molar refractivity (Wildman–Crippen MR) is 135 cm³/mol. The van der Waals surface area contributed by atoms with Gasteiger partial charge in [0.1, 0.15) is 6.10 Å². The number of allylic oxidation sites excluding steroid dienone is 2. The number of hydrogen-bond acceptors (Lipinski definition) is 5. The largest absolute Gasteiger partial charge is 0.460 e.